The first kappa shape index (κ1) is 11.7. The van der Waals surface area contributed by atoms with Gasteiger partial charge in [-0.15, -0.1) is 0 Å². The van der Waals surface area contributed by atoms with Crippen molar-refractivity contribution < 1.29 is 4.79 Å². The zero-order valence-corrected chi connectivity index (χ0v) is 11.5. The number of alkyl halides is 2. The fourth-order valence-corrected chi connectivity index (χ4v) is 2.39. The van der Waals surface area contributed by atoms with Crippen molar-refractivity contribution in [2.75, 3.05) is 0 Å². The van der Waals surface area contributed by atoms with E-state index in [4.69, 9.17) is 0 Å². The van der Waals surface area contributed by atoms with Crippen LogP contribution in [0.5, 0.6) is 0 Å². The van der Waals surface area contributed by atoms with E-state index in [0.29, 0.717) is 0 Å². The third-order valence-corrected chi connectivity index (χ3v) is 3.72. The molecule has 0 radical (unpaired) electrons. The molecule has 0 saturated carbocycles. The van der Waals surface area contributed by atoms with Gasteiger partial charge in [0.05, 0.1) is 0 Å². The average molecular weight is 346 g/mol. The Morgan fingerprint density at radius 1 is 0.875 bits per heavy atom. The highest BCUT2D eigenvalue weighted by Gasteiger charge is 2.26. The molecule has 2 amide bonds. The van der Waals surface area contributed by atoms with Crippen LogP contribution in [0.25, 0.3) is 0 Å². The minimum Gasteiger partial charge on any atom is -0.284 e. The standard InChI is InChI=1S/C11H10Br2N2O/c12-9-5-1-3-7-14(9)11(16)15-8-4-2-6-10(15)13/h1-10H. The Morgan fingerprint density at radius 2 is 1.31 bits per heavy atom. The molecule has 0 bridgehead atoms. The van der Waals surface area contributed by atoms with Gasteiger partial charge in [-0.3, -0.25) is 9.80 Å². The monoisotopic (exact) mass is 344 g/mol. The second kappa shape index (κ2) is 5.01. The maximum Gasteiger partial charge on any atom is 0.330 e. The van der Waals surface area contributed by atoms with E-state index >= 15 is 0 Å². The zero-order chi connectivity index (χ0) is 11.5. The van der Waals surface area contributed by atoms with Crippen LogP contribution in [0.4, 0.5) is 4.79 Å². The van der Waals surface area contributed by atoms with Crippen molar-refractivity contribution >= 4 is 37.9 Å². The van der Waals surface area contributed by atoms with Gasteiger partial charge in [-0.1, -0.05) is 56.2 Å². The second-order valence-electron chi connectivity index (χ2n) is 3.30. The van der Waals surface area contributed by atoms with Crippen molar-refractivity contribution in [2.45, 2.75) is 9.90 Å². The summed E-state index contributed by atoms with van der Waals surface area (Å²) in [7, 11) is 0. The molecule has 16 heavy (non-hydrogen) atoms. The van der Waals surface area contributed by atoms with Crippen LogP contribution in [0.3, 0.4) is 0 Å². The Labute approximate surface area is 111 Å². The van der Waals surface area contributed by atoms with Crippen molar-refractivity contribution in [3.05, 3.63) is 48.9 Å². The van der Waals surface area contributed by atoms with Crippen molar-refractivity contribution in [2.24, 2.45) is 0 Å². The summed E-state index contributed by atoms with van der Waals surface area (Å²) in [5.74, 6) is 0. The van der Waals surface area contributed by atoms with Crippen LogP contribution in [0.15, 0.2) is 48.9 Å². The fraction of sp³-hybridized carbons (Fsp3) is 0.182. The number of urea groups is 1. The summed E-state index contributed by atoms with van der Waals surface area (Å²) in [5, 5.41) is 0. The lowest BCUT2D eigenvalue weighted by molar-refractivity contribution is 0.188. The van der Waals surface area contributed by atoms with E-state index < -0.39 is 0 Å². The van der Waals surface area contributed by atoms with E-state index in [9.17, 15) is 4.79 Å². The zero-order valence-electron chi connectivity index (χ0n) is 8.33. The predicted octanol–water partition coefficient (Wildman–Crippen LogP) is 3.32. The molecule has 0 fully saturated rings. The first-order valence-corrected chi connectivity index (χ1v) is 6.62. The van der Waals surface area contributed by atoms with Crippen LogP contribution in [-0.4, -0.2) is 25.7 Å². The Balaban J connectivity index is 2.13. The molecule has 2 atom stereocenters. The number of allylic oxidation sites excluding steroid dienone is 4. The Bertz CT molecular complexity index is 365. The van der Waals surface area contributed by atoms with Gasteiger partial charge in [0.1, 0.15) is 9.90 Å². The number of carbonyl (C=O) groups is 1. The van der Waals surface area contributed by atoms with Crippen LogP contribution >= 0.6 is 31.9 Å². The molecule has 5 heteroatoms. The maximum atomic E-state index is 12.2. The molecule has 2 heterocycles. The van der Waals surface area contributed by atoms with Gasteiger partial charge in [0.2, 0.25) is 0 Å². The number of hydrogen-bond donors (Lipinski definition) is 0. The van der Waals surface area contributed by atoms with Crippen LogP contribution in [0.2, 0.25) is 0 Å². The predicted molar refractivity (Wildman–Crippen MR) is 71.1 cm³/mol. The van der Waals surface area contributed by atoms with Crippen LogP contribution in [0.1, 0.15) is 0 Å². The molecular weight excluding hydrogens is 336 g/mol. The lowest BCUT2D eigenvalue weighted by Gasteiger charge is -2.32. The van der Waals surface area contributed by atoms with E-state index in [0.717, 1.165) is 0 Å². The number of halogens is 2. The highest BCUT2D eigenvalue weighted by Crippen LogP contribution is 2.21. The maximum absolute atomic E-state index is 12.2. The third-order valence-electron chi connectivity index (χ3n) is 2.23. The van der Waals surface area contributed by atoms with Gasteiger partial charge in [0.15, 0.2) is 0 Å². The van der Waals surface area contributed by atoms with Crippen molar-refractivity contribution in [3.8, 4) is 0 Å². The van der Waals surface area contributed by atoms with Crippen molar-refractivity contribution in [1.82, 2.24) is 9.80 Å². The van der Waals surface area contributed by atoms with E-state index in [2.05, 4.69) is 31.9 Å². The molecule has 2 rings (SSSR count). The molecular formula is C11H10Br2N2O. The Morgan fingerprint density at radius 3 is 1.69 bits per heavy atom. The van der Waals surface area contributed by atoms with Gasteiger partial charge in [0.25, 0.3) is 0 Å². The van der Waals surface area contributed by atoms with E-state index in [-0.39, 0.29) is 15.9 Å². The van der Waals surface area contributed by atoms with Crippen LogP contribution < -0.4 is 0 Å². The lowest BCUT2D eigenvalue weighted by Crippen LogP contribution is -2.43. The average Bonchev–Trinajstić information content (AvgIpc) is 2.29. The highest BCUT2D eigenvalue weighted by molar-refractivity contribution is 9.09. The fourth-order valence-electron chi connectivity index (χ4n) is 1.42. The molecule has 0 spiro atoms. The molecule has 0 aromatic heterocycles. The second-order valence-corrected chi connectivity index (χ2v) is 5.17. The van der Waals surface area contributed by atoms with Gasteiger partial charge in [0, 0.05) is 12.4 Å². The van der Waals surface area contributed by atoms with Crippen molar-refractivity contribution in [1.29, 1.82) is 0 Å². The lowest BCUT2D eigenvalue weighted by atomic mass is 10.3. The molecule has 2 aliphatic heterocycles. The molecule has 0 saturated heterocycles. The first-order valence-electron chi connectivity index (χ1n) is 4.79. The largest absolute Gasteiger partial charge is 0.330 e. The normalized spacial score (nSPS) is 27.6. The SMILES string of the molecule is O=C(N1C=CC=CC1Br)N1C=CC=CC1Br. The molecule has 0 N–H and O–H groups in total. The number of hydrogen-bond acceptors (Lipinski definition) is 1. The molecule has 0 aromatic carbocycles. The van der Waals surface area contributed by atoms with Gasteiger partial charge >= 0.3 is 6.03 Å². The molecule has 2 aliphatic rings. The first-order chi connectivity index (χ1) is 7.70. The summed E-state index contributed by atoms with van der Waals surface area (Å²) >= 11 is 6.85. The smallest absolute Gasteiger partial charge is 0.284 e. The van der Waals surface area contributed by atoms with E-state index in [1.807, 2.05) is 36.5 Å². The summed E-state index contributed by atoms with van der Waals surface area (Å²) in [4.78, 5) is 15.3. The Hall–Kier alpha value is -0.810. The number of carbonyl (C=O) groups excluding carboxylic acids is 1. The van der Waals surface area contributed by atoms with Gasteiger partial charge in [-0.05, 0) is 12.2 Å². The number of rotatable bonds is 0. The van der Waals surface area contributed by atoms with E-state index in [1.54, 1.807) is 22.2 Å². The van der Waals surface area contributed by atoms with E-state index in [1.165, 1.54) is 0 Å². The quantitative estimate of drug-likeness (QED) is 0.488. The van der Waals surface area contributed by atoms with Gasteiger partial charge in [-0.2, -0.15) is 0 Å². The van der Waals surface area contributed by atoms with Crippen molar-refractivity contribution in [3.63, 3.8) is 0 Å². The van der Waals surface area contributed by atoms with Crippen LogP contribution in [0, 0.1) is 0 Å². The minimum absolute atomic E-state index is 0.0787. The van der Waals surface area contributed by atoms with Crippen LogP contribution in [-0.2, 0) is 0 Å². The highest BCUT2D eigenvalue weighted by atomic mass is 79.9. The topological polar surface area (TPSA) is 23.6 Å². The molecule has 0 aromatic rings. The van der Waals surface area contributed by atoms with Gasteiger partial charge in [-0.25, -0.2) is 4.79 Å². The summed E-state index contributed by atoms with van der Waals surface area (Å²) in [6.07, 6.45) is 14.8. The Kier molecular flexibility index (Phi) is 3.66. The number of nitrogens with zero attached hydrogens (tertiary/aromatic N) is 2. The minimum atomic E-state index is -0.0935. The molecule has 3 nitrogen and oxygen atoms in total. The summed E-state index contributed by atoms with van der Waals surface area (Å²) in [6, 6.07) is -0.0787. The summed E-state index contributed by atoms with van der Waals surface area (Å²) in [5.41, 5.74) is 0. The summed E-state index contributed by atoms with van der Waals surface area (Å²) in [6.45, 7) is 0. The van der Waals surface area contributed by atoms with Gasteiger partial charge < -0.3 is 0 Å². The molecule has 84 valence electrons. The third kappa shape index (κ3) is 2.30. The molecule has 0 aliphatic carbocycles. The number of amides is 2. The summed E-state index contributed by atoms with van der Waals surface area (Å²) < 4.78 is 0. The molecule has 2 unspecified atom stereocenters.